The highest BCUT2D eigenvalue weighted by Crippen LogP contribution is 2.24. The molecular weight excluding hydrogens is 286 g/mol. The number of para-hydroxylation sites is 1. The molecule has 0 radical (unpaired) electrons. The fourth-order valence-electron chi connectivity index (χ4n) is 2.31. The van der Waals surface area contributed by atoms with Crippen LogP contribution in [0, 0.1) is 11.3 Å². The van der Waals surface area contributed by atoms with Gasteiger partial charge in [0, 0.05) is 38.1 Å². The van der Waals surface area contributed by atoms with Gasteiger partial charge in [0.2, 0.25) is 0 Å². The second kappa shape index (κ2) is 6.29. The lowest BCUT2D eigenvalue weighted by Crippen LogP contribution is -2.44. The van der Waals surface area contributed by atoms with Gasteiger partial charge in [-0.3, -0.25) is 0 Å². The molecule has 0 unspecified atom stereocenters. The van der Waals surface area contributed by atoms with Crippen LogP contribution in [0.3, 0.4) is 0 Å². The van der Waals surface area contributed by atoms with Crippen molar-refractivity contribution in [3.8, 4) is 6.07 Å². The number of nitriles is 1. The predicted octanol–water partition coefficient (Wildman–Crippen LogP) is 1.35. The Bertz CT molecular complexity index is 681. The Hall–Kier alpha value is -1.84. The zero-order chi connectivity index (χ0) is 15.5. The van der Waals surface area contributed by atoms with Crippen LogP contribution in [0.25, 0.3) is 6.08 Å². The fourth-order valence-corrected chi connectivity index (χ4v) is 2.82. The Morgan fingerprint density at radius 1 is 1.24 bits per heavy atom. The van der Waals surface area contributed by atoms with E-state index in [4.69, 9.17) is 5.26 Å². The highest BCUT2D eigenvalue weighted by Gasteiger charge is 2.17. The molecule has 21 heavy (non-hydrogen) atoms. The third-order valence-corrected chi connectivity index (χ3v) is 4.59. The van der Waals surface area contributed by atoms with Crippen molar-refractivity contribution in [2.24, 2.45) is 0 Å². The first kappa shape index (κ1) is 15.5. The molecule has 0 bridgehead atoms. The van der Waals surface area contributed by atoms with Gasteiger partial charge in [-0.1, -0.05) is 18.2 Å². The molecule has 1 aliphatic rings. The van der Waals surface area contributed by atoms with E-state index in [1.54, 1.807) is 6.07 Å². The monoisotopic (exact) mass is 305 g/mol. The van der Waals surface area contributed by atoms with Crippen LogP contribution < -0.4 is 4.90 Å². The van der Waals surface area contributed by atoms with Gasteiger partial charge >= 0.3 is 0 Å². The van der Waals surface area contributed by atoms with E-state index in [1.807, 2.05) is 24.3 Å². The van der Waals surface area contributed by atoms with Crippen LogP contribution in [-0.4, -0.2) is 52.8 Å². The van der Waals surface area contributed by atoms with Crippen molar-refractivity contribution < 1.29 is 8.42 Å². The first-order valence-electron chi connectivity index (χ1n) is 6.76. The van der Waals surface area contributed by atoms with E-state index in [-0.39, 0.29) is 4.91 Å². The number of hydrogen-bond acceptors (Lipinski definition) is 5. The summed E-state index contributed by atoms with van der Waals surface area (Å²) >= 11 is 0. The molecule has 5 nitrogen and oxygen atoms in total. The molecule has 0 saturated carbocycles. The van der Waals surface area contributed by atoms with Gasteiger partial charge in [0.1, 0.15) is 11.0 Å². The number of piperazine rings is 1. The first-order chi connectivity index (χ1) is 9.91. The number of hydrogen-bond donors (Lipinski definition) is 0. The summed E-state index contributed by atoms with van der Waals surface area (Å²) < 4.78 is 23.2. The molecule has 0 amide bonds. The number of anilines is 1. The zero-order valence-electron chi connectivity index (χ0n) is 12.3. The van der Waals surface area contributed by atoms with Gasteiger partial charge in [-0.25, -0.2) is 8.42 Å². The fraction of sp³-hybridized carbons (Fsp3) is 0.400. The van der Waals surface area contributed by atoms with E-state index in [1.165, 1.54) is 6.08 Å². The summed E-state index contributed by atoms with van der Waals surface area (Å²) in [4.78, 5) is 4.28. The number of rotatable bonds is 3. The summed E-state index contributed by atoms with van der Waals surface area (Å²) in [5, 5.41) is 9.04. The van der Waals surface area contributed by atoms with Crippen molar-refractivity contribution in [1.82, 2.24) is 4.90 Å². The van der Waals surface area contributed by atoms with Crippen molar-refractivity contribution in [1.29, 1.82) is 5.26 Å². The average Bonchev–Trinajstić information content (AvgIpc) is 2.45. The van der Waals surface area contributed by atoms with Crippen molar-refractivity contribution in [2.45, 2.75) is 0 Å². The van der Waals surface area contributed by atoms with Gasteiger partial charge in [-0.15, -0.1) is 0 Å². The van der Waals surface area contributed by atoms with Crippen LogP contribution in [0.5, 0.6) is 0 Å². The topological polar surface area (TPSA) is 64.4 Å². The van der Waals surface area contributed by atoms with Crippen molar-refractivity contribution in [2.75, 3.05) is 44.4 Å². The first-order valence-corrected chi connectivity index (χ1v) is 8.65. The van der Waals surface area contributed by atoms with E-state index >= 15 is 0 Å². The molecule has 112 valence electrons. The molecule has 1 fully saturated rings. The lowest BCUT2D eigenvalue weighted by molar-refractivity contribution is 0.313. The maximum atomic E-state index is 11.6. The third kappa shape index (κ3) is 3.84. The highest BCUT2D eigenvalue weighted by molar-refractivity contribution is 7.95. The van der Waals surface area contributed by atoms with Gasteiger partial charge in [-0.05, 0) is 24.8 Å². The van der Waals surface area contributed by atoms with Crippen LogP contribution in [0.2, 0.25) is 0 Å². The predicted molar refractivity (Wildman–Crippen MR) is 84.6 cm³/mol. The summed E-state index contributed by atoms with van der Waals surface area (Å²) in [6, 6.07) is 9.36. The third-order valence-electron chi connectivity index (χ3n) is 3.58. The van der Waals surface area contributed by atoms with Crippen molar-refractivity contribution in [3.05, 3.63) is 34.7 Å². The molecule has 0 atom stereocenters. The summed E-state index contributed by atoms with van der Waals surface area (Å²) in [7, 11) is -1.41. The summed E-state index contributed by atoms with van der Waals surface area (Å²) in [5.41, 5.74) is 1.74. The van der Waals surface area contributed by atoms with Gasteiger partial charge in [0.15, 0.2) is 9.84 Å². The van der Waals surface area contributed by atoms with Crippen LogP contribution in [0.1, 0.15) is 5.56 Å². The molecule has 6 heteroatoms. The zero-order valence-corrected chi connectivity index (χ0v) is 13.1. The SMILES string of the molecule is CN1CCN(c2ccccc2/C=C(\C#N)S(C)(=O)=O)CC1. The number of nitrogens with zero attached hydrogens (tertiary/aromatic N) is 3. The van der Waals surface area contributed by atoms with Crippen LogP contribution in [0.4, 0.5) is 5.69 Å². The Balaban J connectivity index is 2.38. The second-order valence-corrected chi connectivity index (χ2v) is 7.23. The molecule has 1 heterocycles. The molecule has 0 N–H and O–H groups in total. The van der Waals surface area contributed by atoms with E-state index < -0.39 is 9.84 Å². The van der Waals surface area contributed by atoms with Crippen molar-refractivity contribution in [3.63, 3.8) is 0 Å². The minimum Gasteiger partial charge on any atom is -0.368 e. The molecule has 0 aromatic heterocycles. The van der Waals surface area contributed by atoms with Crippen molar-refractivity contribution >= 4 is 21.6 Å². The van der Waals surface area contributed by atoms with Crippen LogP contribution >= 0.6 is 0 Å². The van der Waals surface area contributed by atoms with Gasteiger partial charge in [0.05, 0.1) is 0 Å². The number of sulfone groups is 1. The molecule has 1 aliphatic heterocycles. The number of allylic oxidation sites excluding steroid dienone is 1. The molecule has 0 spiro atoms. The summed E-state index contributed by atoms with van der Waals surface area (Å²) in [6.45, 7) is 3.72. The second-order valence-electron chi connectivity index (χ2n) is 5.24. The van der Waals surface area contributed by atoms with E-state index in [9.17, 15) is 8.42 Å². The minimum absolute atomic E-state index is 0.205. The highest BCUT2D eigenvalue weighted by atomic mass is 32.2. The summed E-state index contributed by atoms with van der Waals surface area (Å²) in [5.74, 6) is 0. The molecule has 0 aliphatic carbocycles. The number of likely N-dealkylation sites (N-methyl/N-ethyl adjacent to an activating group) is 1. The van der Waals surface area contributed by atoms with Gasteiger partial charge in [-0.2, -0.15) is 5.26 Å². The Morgan fingerprint density at radius 2 is 1.86 bits per heavy atom. The lowest BCUT2D eigenvalue weighted by Gasteiger charge is -2.34. The molecule has 1 aromatic carbocycles. The van der Waals surface area contributed by atoms with E-state index in [2.05, 4.69) is 16.8 Å². The van der Waals surface area contributed by atoms with Crippen LogP contribution in [-0.2, 0) is 9.84 Å². The maximum Gasteiger partial charge on any atom is 0.185 e. The van der Waals surface area contributed by atoms with E-state index in [0.29, 0.717) is 0 Å². The van der Waals surface area contributed by atoms with Gasteiger partial charge in [0.25, 0.3) is 0 Å². The standard InChI is InChI=1S/C15H19N3O2S/c1-17-7-9-18(10-8-17)15-6-4-3-5-13(15)11-14(12-16)21(2,19)20/h3-6,11H,7-10H2,1-2H3/b14-11+. The molecule has 1 saturated heterocycles. The largest absolute Gasteiger partial charge is 0.368 e. The van der Waals surface area contributed by atoms with Crippen LogP contribution in [0.15, 0.2) is 29.2 Å². The summed E-state index contributed by atoms with van der Waals surface area (Å²) in [6.07, 6.45) is 2.52. The quantitative estimate of drug-likeness (QED) is 0.789. The molecule has 1 aromatic rings. The minimum atomic E-state index is -3.50. The lowest BCUT2D eigenvalue weighted by atomic mass is 10.1. The van der Waals surface area contributed by atoms with Gasteiger partial charge < -0.3 is 9.80 Å². The van der Waals surface area contributed by atoms with E-state index in [0.717, 1.165) is 43.7 Å². The Morgan fingerprint density at radius 3 is 2.43 bits per heavy atom. The average molecular weight is 305 g/mol. The molecular formula is C15H19N3O2S. The smallest absolute Gasteiger partial charge is 0.185 e. The number of benzene rings is 1. The Kier molecular flexibility index (Phi) is 4.66. The maximum absolute atomic E-state index is 11.6. The molecule has 2 rings (SSSR count). The normalized spacial score (nSPS) is 17.6. The Labute approximate surface area is 126 Å².